The number of hydrogen-bond acceptors (Lipinski definition) is 4. The van der Waals surface area contributed by atoms with E-state index in [1.807, 2.05) is 0 Å². The maximum atomic E-state index is 13.3. The number of fused-ring (bicyclic) bond motifs is 2. The molecule has 2 aliphatic heterocycles. The summed E-state index contributed by atoms with van der Waals surface area (Å²) in [6.07, 6.45) is -1.66. The fraction of sp³-hybridized carbons (Fsp3) is 0.636. The van der Waals surface area contributed by atoms with Gasteiger partial charge in [-0.2, -0.15) is 13.2 Å². The van der Waals surface area contributed by atoms with Crippen molar-refractivity contribution in [1.29, 1.82) is 0 Å². The van der Waals surface area contributed by atoms with Crippen LogP contribution in [0.4, 0.5) is 18.0 Å². The molecule has 2 saturated heterocycles. The Morgan fingerprint density at radius 1 is 1.07 bits per heavy atom. The summed E-state index contributed by atoms with van der Waals surface area (Å²) in [5.41, 5.74) is -1.55. The van der Waals surface area contributed by atoms with Gasteiger partial charge in [0.25, 0.3) is 0 Å². The molecule has 0 radical (unpaired) electrons. The van der Waals surface area contributed by atoms with E-state index in [1.54, 1.807) is 25.7 Å². The molecular weight excluding hydrogens is 399 g/mol. The first-order valence-electron chi connectivity index (χ1n) is 10.2. The number of carbonyl (C=O) groups is 2. The van der Waals surface area contributed by atoms with E-state index in [4.69, 9.17) is 9.47 Å². The number of ether oxygens (including phenoxy) is 2. The standard InChI is InChI=1S/C22H28F3NO4/c1-21(2,3)30-20(28)26-15-6-5-7-16(26)11-14(10-15)19(27)13-8-9-18(29-4)17(12-13)22(23,24)25/h8-9,12,14-16H,5-7,10-11H2,1-4H3. The number of alkyl halides is 3. The van der Waals surface area contributed by atoms with Gasteiger partial charge in [-0.15, -0.1) is 0 Å². The molecule has 3 rings (SSSR count). The molecule has 0 aromatic heterocycles. The molecule has 5 nitrogen and oxygen atoms in total. The van der Waals surface area contributed by atoms with Crippen LogP contribution in [0.25, 0.3) is 0 Å². The highest BCUT2D eigenvalue weighted by Gasteiger charge is 2.45. The Morgan fingerprint density at radius 2 is 1.67 bits per heavy atom. The largest absolute Gasteiger partial charge is 0.496 e. The van der Waals surface area contributed by atoms with Gasteiger partial charge >= 0.3 is 12.3 Å². The number of halogens is 3. The highest BCUT2D eigenvalue weighted by atomic mass is 19.4. The Labute approximate surface area is 174 Å². The second-order valence-corrected chi connectivity index (χ2v) is 9.07. The van der Waals surface area contributed by atoms with Gasteiger partial charge in [0, 0.05) is 23.6 Å². The molecule has 1 aromatic carbocycles. The maximum absolute atomic E-state index is 13.3. The Balaban J connectivity index is 1.81. The van der Waals surface area contributed by atoms with E-state index in [1.165, 1.54) is 19.2 Å². The average molecular weight is 427 g/mol. The van der Waals surface area contributed by atoms with Crippen molar-refractivity contribution in [3.8, 4) is 5.75 Å². The van der Waals surface area contributed by atoms with Gasteiger partial charge in [0.1, 0.15) is 11.4 Å². The lowest BCUT2D eigenvalue weighted by Crippen LogP contribution is -2.56. The van der Waals surface area contributed by atoms with Crippen LogP contribution in [0.15, 0.2) is 18.2 Å². The maximum Gasteiger partial charge on any atom is 0.419 e. The molecule has 0 N–H and O–H groups in total. The summed E-state index contributed by atoms with van der Waals surface area (Å²) in [6, 6.07) is 3.17. The van der Waals surface area contributed by atoms with Gasteiger partial charge in [-0.1, -0.05) is 0 Å². The monoisotopic (exact) mass is 427 g/mol. The third-order valence-corrected chi connectivity index (χ3v) is 5.74. The van der Waals surface area contributed by atoms with Crippen molar-refractivity contribution in [1.82, 2.24) is 4.90 Å². The van der Waals surface area contributed by atoms with Crippen LogP contribution in [-0.2, 0) is 10.9 Å². The van der Waals surface area contributed by atoms with Gasteiger partial charge < -0.3 is 14.4 Å². The number of rotatable bonds is 3. The molecule has 166 valence electrons. The Morgan fingerprint density at radius 3 is 2.17 bits per heavy atom. The van der Waals surface area contributed by atoms with E-state index in [0.29, 0.717) is 12.8 Å². The molecule has 2 aliphatic rings. The van der Waals surface area contributed by atoms with Crippen molar-refractivity contribution < 1.29 is 32.2 Å². The van der Waals surface area contributed by atoms with Gasteiger partial charge in [0.2, 0.25) is 0 Å². The summed E-state index contributed by atoms with van der Waals surface area (Å²) in [4.78, 5) is 27.5. The van der Waals surface area contributed by atoms with E-state index in [0.717, 1.165) is 25.3 Å². The third-order valence-electron chi connectivity index (χ3n) is 5.74. The summed E-state index contributed by atoms with van der Waals surface area (Å²) in [5.74, 6) is -1.05. The first-order chi connectivity index (χ1) is 13.9. The molecule has 2 fully saturated rings. The average Bonchev–Trinajstić information content (AvgIpc) is 2.63. The van der Waals surface area contributed by atoms with Gasteiger partial charge in [-0.25, -0.2) is 4.79 Å². The lowest BCUT2D eigenvalue weighted by atomic mass is 9.75. The zero-order chi connectivity index (χ0) is 22.3. The molecule has 0 aliphatic carbocycles. The number of Topliss-reactive ketones (excluding diaryl/α,β-unsaturated/α-hetero) is 1. The normalized spacial score (nSPS) is 24.4. The van der Waals surface area contributed by atoms with Gasteiger partial charge in [0.05, 0.1) is 12.7 Å². The summed E-state index contributed by atoms with van der Waals surface area (Å²) >= 11 is 0. The fourth-order valence-electron chi connectivity index (χ4n) is 4.53. The smallest absolute Gasteiger partial charge is 0.419 e. The number of benzene rings is 1. The highest BCUT2D eigenvalue weighted by Crippen LogP contribution is 2.41. The second-order valence-electron chi connectivity index (χ2n) is 9.07. The zero-order valence-electron chi connectivity index (χ0n) is 17.7. The molecule has 1 amide bonds. The van der Waals surface area contributed by atoms with E-state index < -0.39 is 23.3 Å². The van der Waals surface area contributed by atoms with Crippen molar-refractivity contribution in [2.75, 3.05) is 7.11 Å². The van der Waals surface area contributed by atoms with Crippen molar-refractivity contribution in [2.45, 2.75) is 76.7 Å². The summed E-state index contributed by atoms with van der Waals surface area (Å²) in [6.45, 7) is 5.41. The molecule has 2 bridgehead atoms. The van der Waals surface area contributed by atoms with Crippen LogP contribution in [0.2, 0.25) is 0 Å². The number of ketones is 1. The Hall–Kier alpha value is -2.25. The van der Waals surface area contributed by atoms with E-state index in [2.05, 4.69) is 0 Å². The third kappa shape index (κ3) is 4.73. The first kappa shape index (κ1) is 22.4. The van der Waals surface area contributed by atoms with Crippen LogP contribution in [0.5, 0.6) is 5.75 Å². The van der Waals surface area contributed by atoms with Gasteiger partial charge in [-0.05, 0) is 71.1 Å². The zero-order valence-corrected chi connectivity index (χ0v) is 17.7. The fourth-order valence-corrected chi connectivity index (χ4v) is 4.53. The molecule has 0 saturated carbocycles. The Kier molecular flexibility index (Phi) is 6.07. The van der Waals surface area contributed by atoms with Crippen molar-refractivity contribution >= 4 is 11.9 Å². The highest BCUT2D eigenvalue weighted by molar-refractivity contribution is 5.98. The molecular formula is C22H28F3NO4. The summed E-state index contributed by atoms with van der Waals surface area (Å²) < 4.78 is 50.3. The molecule has 1 aromatic rings. The number of amides is 1. The molecule has 30 heavy (non-hydrogen) atoms. The van der Waals surface area contributed by atoms with E-state index >= 15 is 0 Å². The predicted molar refractivity (Wildman–Crippen MR) is 105 cm³/mol. The summed E-state index contributed by atoms with van der Waals surface area (Å²) in [5, 5.41) is 0. The molecule has 0 spiro atoms. The van der Waals surface area contributed by atoms with Crippen molar-refractivity contribution in [2.24, 2.45) is 5.92 Å². The van der Waals surface area contributed by atoms with Crippen molar-refractivity contribution in [3.63, 3.8) is 0 Å². The SMILES string of the molecule is COc1ccc(C(=O)C2CC3CCCC(C2)N3C(=O)OC(C)(C)C)cc1C(F)(F)F. The first-order valence-corrected chi connectivity index (χ1v) is 10.2. The molecule has 2 unspecified atom stereocenters. The van der Waals surface area contributed by atoms with Crippen LogP contribution in [0.3, 0.4) is 0 Å². The topological polar surface area (TPSA) is 55.8 Å². The van der Waals surface area contributed by atoms with Gasteiger partial charge in [-0.3, -0.25) is 4.79 Å². The minimum Gasteiger partial charge on any atom is -0.496 e. The van der Waals surface area contributed by atoms with Crippen molar-refractivity contribution in [3.05, 3.63) is 29.3 Å². The lowest BCUT2D eigenvalue weighted by molar-refractivity contribution is -0.138. The van der Waals surface area contributed by atoms with Crippen LogP contribution in [0.1, 0.15) is 68.8 Å². The Bertz CT molecular complexity index is 802. The van der Waals surface area contributed by atoms with Crippen LogP contribution < -0.4 is 4.74 Å². The number of nitrogens with zero attached hydrogens (tertiary/aromatic N) is 1. The van der Waals surface area contributed by atoms with Crippen LogP contribution in [-0.4, -0.2) is 41.6 Å². The number of methoxy groups -OCH3 is 1. The van der Waals surface area contributed by atoms with Crippen LogP contribution in [0, 0.1) is 5.92 Å². The second kappa shape index (κ2) is 8.12. The number of hydrogen-bond donors (Lipinski definition) is 0. The van der Waals surface area contributed by atoms with E-state index in [9.17, 15) is 22.8 Å². The molecule has 8 heteroatoms. The quantitative estimate of drug-likeness (QED) is 0.601. The number of piperidine rings is 2. The van der Waals surface area contributed by atoms with Crippen LogP contribution >= 0.6 is 0 Å². The predicted octanol–water partition coefficient (Wildman–Crippen LogP) is 5.46. The molecule has 2 heterocycles. The lowest BCUT2D eigenvalue weighted by Gasteiger charge is -2.48. The minimum atomic E-state index is -4.61. The van der Waals surface area contributed by atoms with E-state index in [-0.39, 0.29) is 35.3 Å². The summed E-state index contributed by atoms with van der Waals surface area (Å²) in [7, 11) is 1.17. The molecule has 2 atom stereocenters. The minimum absolute atomic E-state index is 0.0249. The van der Waals surface area contributed by atoms with Gasteiger partial charge in [0.15, 0.2) is 5.78 Å². The number of carbonyl (C=O) groups excluding carboxylic acids is 2.